The summed E-state index contributed by atoms with van der Waals surface area (Å²) in [6, 6.07) is 5.04. The molecule has 0 saturated heterocycles. The van der Waals surface area contributed by atoms with Gasteiger partial charge in [-0.25, -0.2) is 17.2 Å². The van der Waals surface area contributed by atoms with E-state index in [1.54, 1.807) is 0 Å². The largest absolute Gasteiger partial charge is 0.507 e. The molecule has 8 heteroatoms. The number of hydrogen-bond donors (Lipinski definition) is 2. The average Bonchev–Trinajstić information content (AvgIpc) is 2.28. The first kappa shape index (κ1) is 14.8. The van der Waals surface area contributed by atoms with Crippen LogP contribution in [0, 0.1) is 0 Å². The number of para-hydroxylation sites is 1. The van der Waals surface area contributed by atoms with Crippen molar-refractivity contribution >= 4 is 10.0 Å². The van der Waals surface area contributed by atoms with Crippen molar-refractivity contribution in [1.82, 2.24) is 4.31 Å². The van der Waals surface area contributed by atoms with Gasteiger partial charge in [0.1, 0.15) is 10.6 Å². The van der Waals surface area contributed by atoms with Crippen molar-refractivity contribution in [2.75, 3.05) is 19.7 Å². The Kier molecular flexibility index (Phi) is 5.00. The van der Waals surface area contributed by atoms with Crippen LogP contribution in [0.5, 0.6) is 5.75 Å². The summed E-state index contributed by atoms with van der Waals surface area (Å²) in [6.07, 6.45) is -2.86. The maximum Gasteiger partial charge on any atom is 0.252 e. The number of aromatic hydroxyl groups is 1. The predicted octanol–water partition coefficient (Wildman–Crippen LogP) is 0.640. The first-order valence-corrected chi connectivity index (χ1v) is 6.50. The third-order valence-corrected chi connectivity index (χ3v) is 4.09. The molecule has 0 aromatic heterocycles. The number of benzene rings is 1. The Balaban J connectivity index is 3.13. The van der Waals surface area contributed by atoms with Gasteiger partial charge in [-0.1, -0.05) is 12.1 Å². The first-order valence-electron chi connectivity index (χ1n) is 5.06. The molecule has 0 aliphatic heterocycles. The molecule has 2 N–H and O–H groups in total. The van der Waals surface area contributed by atoms with Gasteiger partial charge in [0.2, 0.25) is 10.0 Å². The number of aliphatic hydroxyl groups is 1. The lowest BCUT2D eigenvalue weighted by molar-refractivity contribution is 0.113. The maximum absolute atomic E-state index is 12.3. The molecule has 0 radical (unpaired) electrons. The number of rotatable bonds is 6. The number of alkyl halides is 2. The second-order valence-electron chi connectivity index (χ2n) is 3.45. The van der Waals surface area contributed by atoms with E-state index in [4.69, 9.17) is 5.11 Å². The minimum Gasteiger partial charge on any atom is -0.507 e. The maximum atomic E-state index is 12.3. The summed E-state index contributed by atoms with van der Waals surface area (Å²) in [7, 11) is -4.25. The van der Waals surface area contributed by atoms with Crippen molar-refractivity contribution in [3.63, 3.8) is 0 Å². The van der Waals surface area contributed by atoms with Gasteiger partial charge >= 0.3 is 0 Å². The minimum absolute atomic E-state index is 0.437. The molecule has 0 saturated carbocycles. The van der Waals surface area contributed by atoms with Crippen LogP contribution in [0.4, 0.5) is 8.78 Å². The quantitative estimate of drug-likeness (QED) is 0.802. The lowest BCUT2D eigenvalue weighted by Crippen LogP contribution is -2.37. The van der Waals surface area contributed by atoms with Crippen molar-refractivity contribution in [3.05, 3.63) is 24.3 Å². The van der Waals surface area contributed by atoms with Crippen LogP contribution in [0.25, 0.3) is 0 Å². The highest BCUT2D eigenvalue weighted by Crippen LogP contribution is 2.25. The van der Waals surface area contributed by atoms with E-state index in [-0.39, 0.29) is 0 Å². The lowest BCUT2D eigenvalue weighted by Gasteiger charge is -2.21. The van der Waals surface area contributed by atoms with Crippen LogP contribution >= 0.6 is 0 Å². The van der Waals surface area contributed by atoms with Crippen LogP contribution in [0.1, 0.15) is 0 Å². The van der Waals surface area contributed by atoms with E-state index in [0.29, 0.717) is 4.31 Å². The standard InChI is InChI=1S/C10H13F2NO4S/c11-10(12)7-13(5-6-14)18(16,17)9-4-2-1-3-8(9)15/h1-4,10,14-15H,5-7H2. The molecular weight excluding hydrogens is 268 g/mol. The van der Waals surface area contributed by atoms with Gasteiger partial charge in [-0.3, -0.25) is 0 Å². The van der Waals surface area contributed by atoms with Gasteiger partial charge in [0.15, 0.2) is 0 Å². The van der Waals surface area contributed by atoms with Gasteiger partial charge in [0, 0.05) is 6.54 Å². The van der Waals surface area contributed by atoms with E-state index in [1.165, 1.54) is 12.1 Å². The van der Waals surface area contributed by atoms with E-state index in [9.17, 15) is 22.3 Å². The number of hydrogen-bond acceptors (Lipinski definition) is 4. The van der Waals surface area contributed by atoms with Crippen LogP contribution in [-0.4, -0.2) is 49.1 Å². The van der Waals surface area contributed by atoms with Crippen molar-refractivity contribution in [2.45, 2.75) is 11.3 Å². The van der Waals surface area contributed by atoms with Gasteiger partial charge in [-0.15, -0.1) is 0 Å². The van der Waals surface area contributed by atoms with Crippen LogP contribution in [0.3, 0.4) is 0 Å². The van der Waals surface area contributed by atoms with Gasteiger partial charge in [-0.2, -0.15) is 4.31 Å². The molecular formula is C10H13F2NO4S. The second-order valence-corrected chi connectivity index (χ2v) is 5.35. The molecule has 1 aromatic carbocycles. The van der Waals surface area contributed by atoms with Crippen molar-refractivity contribution in [1.29, 1.82) is 0 Å². The fraction of sp³-hybridized carbons (Fsp3) is 0.400. The van der Waals surface area contributed by atoms with Crippen molar-refractivity contribution < 1.29 is 27.4 Å². The molecule has 0 unspecified atom stereocenters. The Morgan fingerprint density at radius 1 is 1.28 bits per heavy atom. The van der Waals surface area contributed by atoms with Crippen LogP contribution in [-0.2, 0) is 10.0 Å². The number of phenols is 1. The smallest absolute Gasteiger partial charge is 0.252 e. The summed E-state index contributed by atoms with van der Waals surface area (Å²) in [5.41, 5.74) is 0. The average molecular weight is 281 g/mol. The molecule has 0 amide bonds. The number of halogens is 2. The molecule has 0 aliphatic carbocycles. The summed E-state index contributed by atoms with van der Waals surface area (Å²) in [6.45, 7) is -2.07. The summed E-state index contributed by atoms with van der Waals surface area (Å²) >= 11 is 0. The highest BCUT2D eigenvalue weighted by Gasteiger charge is 2.28. The Morgan fingerprint density at radius 2 is 1.89 bits per heavy atom. The zero-order valence-corrected chi connectivity index (χ0v) is 10.1. The topological polar surface area (TPSA) is 77.8 Å². The molecule has 102 valence electrons. The third-order valence-electron chi connectivity index (χ3n) is 2.17. The highest BCUT2D eigenvalue weighted by molar-refractivity contribution is 7.89. The summed E-state index contributed by atoms with van der Waals surface area (Å²) in [5, 5.41) is 18.2. The first-order chi connectivity index (χ1) is 8.39. The zero-order chi connectivity index (χ0) is 13.8. The van der Waals surface area contributed by atoms with Crippen molar-refractivity contribution in [2.24, 2.45) is 0 Å². The number of nitrogens with zero attached hydrogens (tertiary/aromatic N) is 1. The summed E-state index contributed by atoms with van der Waals surface area (Å²) < 4.78 is 49.0. The Morgan fingerprint density at radius 3 is 2.39 bits per heavy atom. The SMILES string of the molecule is O=S(=O)(c1ccccc1O)N(CCO)CC(F)F. The number of phenolic OH excluding ortho intramolecular Hbond substituents is 1. The van der Waals surface area contributed by atoms with Gasteiger partial charge in [0.25, 0.3) is 6.43 Å². The van der Waals surface area contributed by atoms with Gasteiger partial charge in [-0.05, 0) is 12.1 Å². The molecule has 0 heterocycles. The van der Waals surface area contributed by atoms with E-state index in [2.05, 4.69) is 0 Å². The summed E-state index contributed by atoms with van der Waals surface area (Å²) in [4.78, 5) is -0.459. The summed E-state index contributed by atoms with van der Waals surface area (Å²) in [5.74, 6) is -0.519. The number of sulfonamides is 1. The fourth-order valence-corrected chi connectivity index (χ4v) is 2.88. The van der Waals surface area contributed by atoms with E-state index in [1.807, 2.05) is 0 Å². The van der Waals surface area contributed by atoms with E-state index in [0.717, 1.165) is 12.1 Å². The molecule has 0 aliphatic rings. The van der Waals surface area contributed by atoms with Crippen LogP contribution in [0.15, 0.2) is 29.2 Å². The highest BCUT2D eigenvalue weighted by atomic mass is 32.2. The fourth-order valence-electron chi connectivity index (χ4n) is 1.39. The van der Waals surface area contributed by atoms with Gasteiger partial charge in [0.05, 0.1) is 13.2 Å². The third kappa shape index (κ3) is 3.37. The van der Waals surface area contributed by atoms with Gasteiger partial charge < -0.3 is 10.2 Å². The molecule has 1 aromatic rings. The van der Waals surface area contributed by atoms with Crippen LogP contribution < -0.4 is 0 Å². The van der Waals surface area contributed by atoms with Crippen molar-refractivity contribution in [3.8, 4) is 5.75 Å². The van der Waals surface area contributed by atoms with Crippen LogP contribution in [0.2, 0.25) is 0 Å². The number of aliphatic hydroxyl groups excluding tert-OH is 1. The molecule has 1 rings (SSSR count). The molecule has 0 fully saturated rings. The Bertz CT molecular complexity index is 492. The predicted molar refractivity (Wildman–Crippen MR) is 60.0 cm³/mol. The normalized spacial score (nSPS) is 12.3. The molecule has 0 bridgehead atoms. The second kappa shape index (κ2) is 6.07. The molecule has 5 nitrogen and oxygen atoms in total. The Labute approximate surface area is 103 Å². The lowest BCUT2D eigenvalue weighted by atomic mass is 10.3. The van der Waals surface area contributed by atoms with E-state index >= 15 is 0 Å². The zero-order valence-electron chi connectivity index (χ0n) is 9.33. The Hall–Kier alpha value is -1.25. The molecule has 0 spiro atoms. The monoisotopic (exact) mass is 281 g/mol. The molecule has 0 atom stereocenters. The molecule has 18 heavy (non-hydrogen) atoms. The van der Waals surface area contributed by atoms with E-state index < -0.39 is 46.8 Å². The minimum atomic E-state index is -4.25.